The molecule has 0 amide bonds. The smallest absolute Gasteiger partial charge is 0.00967 e. The average molecular weight is 275 g/mol. The van der Waals surface area contributed by atoms with Crippen molar-refractivity contribution in [2.75, 3.05) is 38.7 Å². The lowest BCUT2D eigenvalue weighted by atomic mass is 9.86. The molecule has 1 N–H and O–H groups in total. The van der Waals surface area contributed by atoms with E-state index >= 15 is 0 Å². The van der Waals surface area contributed by atoms with Crippen LogP contribution in [0.25, 0.3) is 0 Å². The molecule has 0 aromatic carbocycles. The van der Waals surface area contributed by atoms with Crippen LogP contribution in [0, 0.1) is 5.41 Å². The molecule has 0 bridgehead atoms. The summed E-state index contributed by atoms with van der Waals surface area (Å²) in [6.45, 7) is 14.9. The lowest BCUT2D eigenvalue weighted by Crippen LogP contribution is -2.46. The van der Waals surface area contributed by atoms with Gasteiger partial charge in [0.05, 0.1) is 0 Å². The van der Waals surface area contributed by atoms with Crippen LogP contribution in [0.2, 0.25) is 0 Å². The Morgan fingerprint density at radius 2 is 1.78 bits per heavy atom. The second kappa shape index (κ2) is 8.44. The van der Waals surface area contributed by atoms with Gasteiger partial charge in [0.1, 0.15) is 0 Å². The van der Waals surface area contributed by atoms with Crippen molar-refractivity contribution >= 4 is 11.8 Å². The van der Waals surface area contributed by atoms with Crippen molar-refractivity contribution in [1.29, 1.82) is 0 Å². The first-order chi connectivity index (χ1) is 8.22. The Morgan fingerprint density at radius 1 is 1.17 bits per heavy atom. The van der Waals surface area contributed by atoms with Gasteiger partial charge in [0.25, 0.3) is 0 Å². The summed E-state index contributed by atoms with van der Waals surface area (Å²) in [7, 11) is 2.26. The van der Waals surface area contributed by atoms with Crippen LogP contribution < -0.4 is 5.32 Å². The molecule has 0 spiro atoms. The van der Waals surface area contributed by atoms with Crippen LogP contribution >= 0.6 is 11.8 Å². The van der Waals surface area contributed by atoms with Gasteiger partial charge < -0.3 is 10.2 Å². The maximum Gasteiger partial charge on any atom is 0.00967 e. The number of hydrogen-bond acceptors (Lipinski definition) is 3. The molecule has 1 atom stereocenters. The van der Waals surface area contributed by atoms with E-state index in [4.69, 9.17) is 0 Å². The zero-order chi connectivity index (χ0) is 14.2. The van der Waals surface area contributed by atoms with Crippen molar-refractivity contribution in [2.45, 2.75) is 53.0 Å². The predicted molar refractivity (Wildman–Crippen MR) is 86.6 cm³/mol. The fraction of sp³-hybridized carbons (Fsp3) is 1.00. The van der Waals surface area contributed by atoms with Crippen LogP contribution in [-0.2, 0) is 0 Å². The second-order valence-corrected chi connectivity index (χ2v) is 7.84. The Morgan fingerprint density at radius 3 is 2.22 bits per heavy atom. The maximum absolute atomic E-state index is 3.66. The van der Waals surface area contributed by atoms with Gasteiger partial charge >= 0.3 is 0 Å². The molecule has 0 aliphatic heterocycles. The van der Waals surface area contributed by atoms with E-state index in [2.05, 4.69) is 58.1 Å². The summed E-state index contributed by atoms with van der Waals surface area (Å²) in [6.07, 6.45) is 4.70. The summed E-state index contributed by atoms with van der Waals surface area (Å²) in [5, 5.41) is 3.66. The minimum Gasteiger partial charge on any atom is -0.311 e. The summed E-state index contributed by atoms with van der Waals surface area (Å²) < 4.78 is 0. The van der Waals surface area contributed by atoms with Gasteiger partial charge in [-0.3, -0.25) is 0 Å². The molecule has 0 saturated heterocycles. The van der Waals surface area contributed by atoms with Crippen molar-refractivity contribution in [3.8, 4) is 0 Å². The van der Waals surface area contributed by atoms with Gasteiger partial charge in [-0.05, 0) is 64.6 Å². The van der Waals surface area contributed by atoms with E-state index in [0.717, 1.165) is 6.54 Å². The molecule has 110 valence electrons. The van der Waals surface area contributed by atoms with Crippen LogP contribution in [0.1, 0.15) is 47.5 Å². The van der Waals surface area contributed by atoms with Crippen LogP contribution in [0.15, 0.2) is 0 Å². The van der Waals surface area contributed by atoms with Crippen molar-refractivity contribution in [1.82, 2.24) is 10.2 Å². The van der Waals surface area contributed by atoms with E-state index < -0.39 is 0 Å². The molecule has 0 radical (unpaired) electrons. The van der Waals surface area contributed by atoms with Crippen molar-refractivity contribution in [3.63, 3.8) is 0 Å². The van der Waals surface area contributed by atoms with Crippen molar-refractivity contribution in [3.05, 3.63) is 0 Å². The molecular weight excluding hydrogens is 240 g/mol. The number of nitrogens with zero attached hydrogens (tertiary/aromatic N) is 1. The Balaban J connectivity index is 4.12. The zero-order valence-corrected chi connectivity index (χ0v) is 14.4. The highest BCUT2D eigenvalue weighted by molar-refractivity contribution is 7.98. The van der Waals surface area contributed by atoms with Gasteiger partial charge in [0.2, 0.25) is 0 Å². The number of thioether (sulfide) groups is 1. The number of nitrogens with one attached hydrogen (secondary N) is 1. The van der Waals surface area contributed by atoms with Gasteiger partial charge in [-0.2, -0.15) is 11.8 Å². The normalized spacial score (nSPS) is 16.0. The topological polar surface area (TPSA) is 15.3 Å². The molecule has 0 rings (SSSR count). The Bertz CT molecular complexity index is 213. The molecular formula is C15H34N2S. The third-order valence-electron chi connectivity index (χ3n) is 3.44. The third kappa shape index (κ3) is 9.23. The lowest BCUT2D eigenvalue weighted by molar-refractivity contribution is 0.169. The second-order valence-electron chi connectivity index (χ2n) is 6.85. The molecule has 0 saturated carbocycles. The van der Waals surface area contributed by atoms with Crippen LogP contribution in [0.3, 0.4) is 0 Å². The summed E-state index contributed by atoms with van der Waals surface area (Å²) in [6, 6.07) is 0. The number of rotatable bonds is 9. The zero-order valence-electron chi connectivity index (χ0n) is 13.6. The summed E-state index contributed by atoms with van der Waals surface area (Å²) in [5.74, 6) is 1.27. The summed E-state index contributed by atoms with van der Waals surface area (Å²) >= 11 is 1.94. The largest absolute Gasteiger partial charge is 0.311 e. The quantitative estimate of drug-likeness (QED) is 0.648. The molecule has 0 aliphatic rings. The van der Waals surface area contributed by atoms with E-state index in [1.54, 1.807) is 0 Å². The monoisotopic (exact) mass is 274 g/mol. The lowest BCUT2D eigenvalue weighted by Gasteiger charge is -2.36. The van der Waals surface area contributed by atoms with Crippen LogP contribution in [0.4, 0.5) is 0 Å². The van der Waals surface area contributed by atoms with E-state index in [1.165, 1.54) is 31.7 Å². The average Bonchev–Trinajstić information content (AvgIpc) is 2.26. The Kier molecular flexibility index (Phi) is 8.57. The molecule has 0 aromatic heterocycles. The van der Waals surface area contributed by atoms with Crippen LogP contribution in [0.5, 0.6) is 0 Å². The molecule has 0 fully saturated rings. The minimum atomic E-state index is 0.216. The van der Waals surface area contributed by atoms with E-state index in [1.807, 2.05) is 11.8 Å². The SMILES string of the molecule is CCC(C)(CNC(C)(C)C)CN(C)CCCSC. The summed E-state index contributed by atoms with van der Waals surface area (Å²) in [4.78, 5) is 2.49. The summed E-state index contributed by atoms with van der Waals surface area (Å²) in [5.41, 5.74) is 0.592. The van der Waals surface area contributed by atoms with Crippen LogP contribution in [-0.4, -0.2) is 49.1 Å². The molecule has 0 heterocycles. The Labute approximate surface area is 119 Å². The first-order valence-corrected chi connectivity index (χ1v) is 8.54. The molecule has 0 aliphatic carbocycles. The van der Waals surface area contributed by atoms with Gasteiger partial charge in [0, 0.05) is 18.6 Å². The molecule has 0 aromatic rings. The maximum atomic E-state index is 3.66. The van der Waals surface area contributed by atoms with Gasteiger partial charge in [-0.25, -0.2) is 0 Å². The van der Waals surface area contributed by atoms with E-state index in [0.29, 0.717) is 5.41 Å². The highest BCUT2D eigenvalue weighted by Crippen LogP contribution is 2.22. The fourth-order valence-corrected chi connectivity index (χ4v) is 2.40. The van der Waals surface area contributed by atoms with E-state index in [9.17, 15) is 0 Å². The van der Waals surface area contributed by atoms with Gasteiger partial charge in [0.15, 0.2) is 0 Å². The fourth-order valence-electron chi connectivity index (χ4n) is 1.98. The van der Waals surface area contributed by atoms with Crippen molar-refractivity contribution in [2.24, 2.45) is 5.41 Å². The molecule has 18 heavy (non-hydrogen) atoms. The van der Waals surface area contributed by atoms with Gasteiger partial charge in [-0.1, -0.05) is 13.8 Å². The highest BCUT2D eigenvalue weighted by atomic mass is 32.2. The predicted octanol–water partition coefficient (Wildman–Crippen LogP) is 3.48. The molecule has 2 nitrogen and oxygen atoms in total. The van der Waals surface area contributed by atoms with E-state index in [-0.39, 0.29) is 5.54 Å². The Hall–Kier alpha value is 0.270. The minimum absolute atomic E-state index is 0.216. The first kappa shape index (κ1) is 18.3. The highest BCUT2D eigenvalue weighted by Gasteiger charge is 2.25. The van der Waals surface area contributed by atoms with Gasteiger partial charge in [-0.15, -0.1) is 0 Å². The van der Waals surface area contributed by atoms with Crippen molar-refractivity contribution < 1.29 is 0 Å². The molecule has 3 heteroatoms. The third-order valence-corrected chi connectivity index (χ3v) is 4.14. The molecule has 1 unspecified atom stereocenters. The first-order valence-electron chi connectivity index (χ1n) is 7.15. The standard InChI is InChI=1S/C15H34N2S/c1-8-15(5,12-16-14(2,3)4)13-17(6)10-9-11-18-7/h16H,8-13H2,1-7H3. The number of hydrogen-bond donors (Lipinski definition) is 1.